The van der Waals surface area contributed by atoms with E-state index in [2.05, 4.69) is 14.5 Å². The summed E-state index contributed by atoms with van der Waals surface area (Å²) in [6.07, 6.45) is -8.25. The lowest BCUT2D eigenvalue weighted by atomic mass is 10.3. The number of methoxy groups -OCH3 is 1. The van der Waals surface area contributed by atoms with Gasteiger partial charge in [0.2, 0.25) is 5.75 Å². The fourth-order valence-electron chi connectivity index (χ4n) is 0.967. The van der Waals surface area contributed by atoms with Gasteiger partial charge in [0.05, 0.1) is 7.11 Å². The fraction of sp³-hybridized carbons (Fsp3) is 0.375. The number of rotatable bonds is 3. The van der Waals surface area contributed by atoms with Gasteiger partial charge in [-0.3, -0.25) is 0 Å². The van der Waals surface area contributed by atoms with Crippen molar-refractivity contribution in [3.8, 4) is 17.4 Å². The van der Waals surface area contributed by atoms with Crippen LogP contribution in [0.3, 0.4) is 0 Å². The number of aromatic hydroxyl groups is 1. The number of hydrogen-bond donors (Lipinski definition) is 1. The molecule has 0 saturated heterocycles. The van der Waals surface area contributed by atoms with Gasteiger partial charge in [-0.1, -0.05) is 0 Å². The van der Waals surface area contributed by atoms with E-state index in [1.165, 1.54) is 0 Å². The number of halogens is 5. The van der Waals surface area contributed by atoms with E-state index in [0.717, 1.165) is 7.11 Å². The Morgan fingerprint density at radius 3 is 2.35 bits per heavy atom. The number of aromatic nitrogens is 1. The van der Waals surface area contributed by atoms with Crippen LogP contribution >= 0.6 is 0 Å². The van der Waals surface area contributed by atoms with E-state index in [1.54, 1.807) is 0 Å². The van der Waals surface area contributed by atoms with E-state index >= 15 is 0 Å². The zero-order valence-corrected chi connectivity index (χ0v) is 8.26. The normalized spacial score (nSPS) is 11.7. The molecule has 0 bridgehead atoms. The van der Waals surface area contributed by atoms with Gasteiger partial charge in [-0.25, -0.2) is 13.8 Å². The van der Waals surface area contributed by atoms with Gasteiger partial charge in [0, 0.05) is 6.07 Å². The standard InChI is InChI=1S/C8H6F5NO3/c1-16-7-5(15)4(17-8(11,12)13)2-3(14-7)6(9)10/h2,6,15H,1H3. The van der Waals surface area contributed by atoms with Crippen molar-refractivity contribution >= 4 is 0 Å². The summed E-state index contributed by atoms with van der Waals surface area (Å²) in [5.74, 6) is -3.07. The average molecular weight is 259 g/mol. The summed E-state index contributed by atoms with van der Waals surface area (Å²) in [4.78, 5) is 3.11. The lowest BCUT2D eigenvalue weighted by Crippen LogP contribution is -2.17. The summed E-state index contributed by atoms with van der Waals surface area (Å²) in [5, 5.41) is 9.20. The topological polar surface area (TPSA) is 51.6 Å². The molecule has 9 heteroatoms. The first-order valence-electron chi connectivity index (χ1n) is 4.06. The Morgan fingerprint density at radius 2 is 1.94 bits per heavy atom. The highest BCUT2D eigenvalue weighted by molar-refractivity contribution is 5.47. The quantitative estimate of drug-likeness (QED) is 0.848. The van der Waals surface area contributed by atoms with Crippen LogP contribution < -0.4 is 9.47 Å². The number of ether oxygens (including phenoxy) is 2. The molecule has 0 spiro atoms. The Hall–Kier alpha value is -1.80. The lowest BCUT2D eigenvalue weighted by Gasteiger charge is -2.13. The van der Waals surface area contributed by atoms with E-state index in [0.29, 0.717) is 0 Å². The second-order valence-corrected chi connectivity index (χ2v) is 2.75. The number of nitrogens with zero attached hydrogens (tertiary/aromatic N) is 1. The van der Waals surface area contributed by atoms with Crippen molar-refractivity contribution in [3.63, 3.8) is 0 Å². The van der Waals surface area contributed by atoms with Gasteiger partial charge in [0.15, 0.2) is 5.75 Å². The molecule has 0 saturated carbocycles. The molecule has 0 amide bonds. The SMILES string of the molecule is COc1nc(C(F)F)cc(OC(F)(F)F)c1O. The smallest absolute Gasteiger partial charge is 0.501 e. The Kier molecular flexibility index (Phi) is 3.59. The van der Waals surface area contributed by atoms with E-state index in [4.69, 9.17) is 0 Å². The van der Waals surface area contributed by atoms with Gasteiger partial charge in [0.1, 0.15) is 5.69 Å². The predicted molar refractivity (Wildman–Crippen MR) is 44.1 cm³/mol. The van der Waals surface area contributed by atoms with Gasteiger partial charge in [-0.2, -0.15) is 0 Å². The summed E-state index contributed by atoms with van der Waals surface area (Å²) >= 11 is 0. The minimum atomic E-state index is -5.12. The molecule has 1 heterocycles. The molecule has 0 aliphatic carbocycles. The van der Waals surface area contributed by atoms with Crippen LogP contribution in [0, 0.1) is 0 Å². The van der Waals surface area contributed by atoms with E-state index in [1.807, 2.05) is 0 Å². The van der Waals surface area contributed by atoms with Gasteiger partial charge >= 0.3 is 6.36 Å². The van der Waals surface area contributed by atoms with Crippen molar-refractivity contribution in [3.05, 3.63) is 11.8 Å². The molecule has 1 aromatic heterocycles. The highest BCUT2D eigenvalue weighted by atomic mass is 19.4. The van der Waals surface area contributed by atoms with Crippen molar-refractivity contribution in [2.24, 2.45) is 0 Å². The molecule has 0 aliphatic heterocycles. The monoisotopic (exact) mass is 259 g/mol. The van der Waals surface area contributed by atoms with Crippen LogP contribution in [0.4, 0.5) is 22.0 Å². The second kappa shape index (κ2) is 4.60. The Labute approximate surface area is 91.6 Å². The number of hydrogen-bond acceptors (Lipinski definition) is 4. The maximum Gasteiger partial charge on any atom is 0.573 e. The molecule has 17 heavy (non-hydrogen) atoms. The van der Waals surface area contributed by atoms with Gasteiger partial charge in [-0.15, -0.1) is 13.2 Å². The lowest BCUT2D eigenvalue weighted by molar-refractivity contribution is -0.275. The summed E-state index contributed by atoms with van der Waals surface area (Å²) in [7, 11) is 0.953. The van der Waals surface area contributed by atoms with Gasteiger partial charge in [-0.05, 0) is 0 Å². The van der Waals surface area contributed by atoms with Gasteiger partial charge in [0.25, 0.3) is 12.3 Å². The van der Waals surface area contributed by atoms with Crippen LogP contribution in [0.1, 0.15) is 12.1 Å². The second-order valence-electron chi connectivity index (χ2n) is 2.75. The number of alkyl halides is 5. The molecule has 0 fully saturated rings. The van der Waals surface area contributed by atoms with Crippen LogP contribution in [-0.4, -0.2) is 23.6 Å². The molecule has 0 unspecified atom stereocenters. The summed E-state index contributed by atoms with van der Waals surface area (Å²) in [6.45, 7) is 0. The molecule has 0 aliphatic rings. The van der Waals surface area contributed by atoms with E-state index in [-0.39, 0.29) is 6.07 Å². The van der Waals surface area contributed by atoms with Crippen molar-refractivity contribution in [1.29, 1.82) is 0 Å². The average Bonchev–Trinajstić information content (AvgIpc) is 2.18. The van der Waals surface area contributed by atoms with Crippen LogP contribution in [0.25, 0.3) is 0 Å². The zero-order valence-electron chi connectivity index (χ0n) is 8.26. The maximum absolute atomic E-state index is 12.3. The Morgan fingerprint density at radius 1 is 1.35 bits per heavy atom. The minimum absolute atomic E-state index is 0.288. The predicted octanol–water partition coefficient (Wildman–Crippen LogP) is 2.63. The van der Waals surface area contributed by atoms with Crippen molar-refractivity contribution in [2.75, 3.05) is 7.11 Å². The zero-order chi connectivity index (χ0) is 13.2. The molecule has 4 nitrogen and oxygen atoms in total. The van der Waals surface area contributed by atoms with Gasteiger partial charge < -0.3 is 14.6 Å². The summed E-state index contributed by atoms with van der Waals surface area (Å²) < 4.78 is 68.0. The van der Waals surface area contributed by atoms with Crippen molar-refractivity contribution in [1.82, 2.24) is 4.98 Å². The number of pyridine rings is 1. The molecule has 1 aromatic rings. The van der Waals surface area contributed by atoms with Crippen LogP contribution in [0.2, 0.25) is 0 Å². The first kappa shape index (κ1) is 13.3. The van der Waals surface area contributed by atoms with Crippen LogP contribution in [0.15, 0.2) is 6.07 Å². The molecule has 1 N–H and O–H groups in total. The first-order chi connectivity index (χ1) is 7.74. The Balaban J connectivity index is 3.23. The van der Waals surface area contributed by atoms with E-state index < -0.39 is 35.9 Å². The highest BCUT2D eigenvalue weighted by Crippen LogP contribution is 2.39. The molecule has 1 rings (SSSR count). The molecular weight excluding hydrogens is 253 g/mol. The molecule has 0 aromatic carbocycles. The Bertz CT molecular complexity index is 407. The maximum atomic E-state index is 12.3. The molecule has 96 valence electrons. The van der Waals surface area contributed by atoms with Crippen LogP contribution in [-0.2, 0) is 0 Å². The fourth-order valence-corrected chi connectivity index (χ4v) is 0.967. The third-order valence-corrected chi connectivity index (χ3v) is 1.59. The molecule has 0 atom stereocenters. The molecular formula is C8H6F5NO3. The first-order valence-corrected chi connectivity index (χ1v) is 4.06. The van der Waals surface area contributed by atoms with Crippen molar-refractivity contribution in [2.45, 2.75) is 12.8 Å². The third kappa shape index (κ3) is 3.33. The molecule has 0 radical (unpaired) electrons. The minimum Gasteiger partial charge on any atom is -0.501 e. The van der Waals surface area contributed by atoms with E-state index in [9.17, 15) is 27.1 Å². The largest absolute Gasteiger partial charge is 0.573 e. The summed E-state index contributed by atoms with van der Waals surface area (Å²) in [5.41, 5.74) is -1.00. The van der Waals surface area contributed by atoms with Crippen molar-refractivity contribution < 1.29 is 36.5 Å². The third-order valence-electron chi connectivity index (χ3n) is 1.59. The van der Waals surface area contributed by atoms with Crippen LogP contribution in [0.5, 0.6) is 17.4 Å². The summed E-state index contributed by atoms with van der Waals surface area (Å²) in [6, 6.07) is 0.288. The highest BCUT2D eigenvalue weighted by Gasteiger charge is 2.34.